The Morgan fingerprint density at radius 2 is 1.55 bits per heavy atom. The molecule has 0 aliphatic carbocycles. The normalized spacial score (nSPS) is 15.8. The Balaban J connectivity index is 1.43. The molecule has 22 heavy (non-hydrogen) atoms. The highest BCUT2D eigenvalue weighted by molar-refractivity contribution is 5.53. The van der Waals surface area contributed by atoms with Crippen LogP contribution in [-0.2, 0) is 0 Å². The van der Waals surface area contributed by atoms with Gasteiger partial charge in [-0.15, -0.1) is 0 Å². The molecule has 0 unspecified atom stereocenters. The number of benzene rings is 2. The molecular weight excluding hydrogens is 272 g/mol. The highest BCUT2D eigenvalue weighted by atomic mass is 16.5. The number of anilines is 1. The van der Waals surface area contributed by atoms with Crippen LogP contribution in [0.4, 0.5) is 5.69 Å². The number of ether oxygens (including phenoxy) is 1. The molecule has 1 aliphatic heterocycles. The fourth-order valence-electron chi connectivity index (χ4n) is 2.94. The number of piperazine rings is 1. The highest BCUT2D eigenvalue weighted by Gasteiger charge is 2.17. The van der Waals surface area contributed by atoms with Crippen LogP contribution in [0, 0.1) is 6.92 Å². The van der Waals surface area contributed by atoms with E-state index in [1.165, 1.54) is 11.3 Å². The summed E-state index contributed by atoms with van der Waals surface area (Å²) in [7, 11) is 0. The summed E-state index contributed by atoms with van der Waals surface area (Å²) in [6.07, 6.45) is 0. The molecule has 0 bridgehead atoms. The fraction of sp³-hybridized carbons (Fsp3) is 0.368. The number of hydrogen-bond acceptors (Lipinski definition) is 3. The highest BCUT2D eigenvalue weighted by Crippen LogP contribution is 2.20. The summed E-state index contributed by atoms with van der Waals surface area (Å²) in [5.41, 5.74) is 2.74. The fourth-order valence-corrected chi connectivity index (χ4v) is 2.94. The minimum absolute atomic E-state index is 0.758. The van der Waals surface area contributed by atoms with Crippen molar-refractivity contribution in [1.29, 1.82) is 0 Å². The van der Waals surface area contributed by atoms with Gasteiger partial charge in [-0.25, -0.2) is 0 Å². The maximum absolute atomic E-state index is 5.78. The van der Waals surface area contributed by atoms with E-state index in [-0.39, 0.29) is 0 Å². The molecule has 116 valence electrons. The molecule has 2 aromatic carbocycles. The average molecular weight is 296 g/mol. The van der Waals surface area contributed by atoms with E-state index >= 15 is 0 Å². The summed E-state index contributed by atoms with van der Waals surface area (Å²) in [5.74, 6) is 0.959. The summed E-state index contributed by atoms with van der Waals surface area (Å²) < 4.78 is 5.78. The van der Waals surface area contributed by atoms with Gasteiger partial charge < -0.3 is 9.64 Å². The van der Waals surface area contributed by atoms with E-state index in [1.54, 1.807) is 0 Å². The van der Waals surface area contributed by atoms with Crippen molar-refractivity contribution in [2.24, 2.45) is 0 Å². The average Bonchev–Trinajstić information content (AvgIpc) is 2.57. The van der Waals surface area contributed by atoms with E-state index in [2.05, 4.69) is 41.0 Å². The second-order valence-corrected chi connectivity index (χ2v) is 5.78. The first-order valence-electron chi connectivity index (χ1n) is 8.04. The summed E-state index contributed by atoms with van der Waals surface area (Å²) in [6.45, 7) is 8.34. The molecule has 0 amide bonds. The molecule has 1 fully saturated rings. The first-order valence-corrected chi connectivity index (χ1v) is 8.04. The van der Waals surface area contributed by atoms with Crippen molar-refractivity contribution in [3.8, 4) is 5.75 Å². The van der Waals surface area contributed by atoms with Gasteiger partial charge in [-0.3, -0.25) is 4.90 Å². The van der Waals surface area contributed by atoms with Gasteiger partial charge in [0.25, 0.3) is 0 Å². The van der Waals surface area contributed by atoms with Crippen LogP contribution in [0.5, 0.6) is 5.75 Å². The third-order valence-corrected chi connectivity index (χ3v) is 4.25. The van der Waals surface area contributed by atoms with Gasteiger partial charge >= 0.3 is 0 Å². The summed E-state index contributed by atoms with van der Waals surface area (Å²) in [4.78, 5) is 4.97. The van der Waals surface area contributed by atoms with Crippen LogP contribution in [0.25, 0.3) is 0 Å². The van der Waals surface area contributed by atoms with Crippen LogP contribution in [-0.4, -0.2) is 44.2 Å². The van der Waals surface area contributed by atoms with E-state index in [1.807, 2.05) is 30.3 Å². The maximum atomic E-state index is 5.78. The van der Waals surface area contributed by atoms with Crippen LogP contribution in [0.1, 0.15) is 5.56 Å². The summed E-state index contributed by atoms with van der Waals surface area (Å²) in [6, 6.07) is 18.7. The van der Waals surface area contributed by atoms with Crippen LogP contribution in [0.2, 0.25) is 0 Å². The van der Waals surface area contributed by atoms with Crippen molar-refractivity contribution in [3.05, 3.63) is 60.2 Å². The predicted molar refractivity (Wildman–Crippen MR) is 91.8 cm³/mol. The number of aryl methyl sites for hydroxylation is 1. The van der Waals surface area contributed by atoms with Gasteiger partial charge in [0.05, 0.1) is 0 Å². The third kappa shape index (κ3) is 3.80. The lowest BCUT2D eigenvalue weighted by atomic mass is 10.1. The van der Waals surface area contributed by atoms with Gasteiger partial charge in [-0.2, -0.15) is 0 Å². The Morgan fingerprint density at radius 3 is 2.27 bits per heavy atom. The third-order valence-electron chi connectivity index (χ3n) is 4.25. The number of hydrogen-bond donors (Lipinski definition) is 0. The molecule has 0 atom stereocenters. The first-order chi connectivity index (χ1) is 10.8. The van der Waals surface area contributed by atoms with E-state index in [0.29, 0.717) is 0 Å². The van der Waals surface area contributed by atoms with Crippen LogP contribution < -0.4 is 9.64 Å². The van der Waals surface area contributed by atoms with E-state index in [9.17, 15) is 0 Å². The minimum Gasteiger partial charge on any atom is -0.492 e. The van der Waals surface area contributed by atoms with E-state index < -0.39 is 0 Å². The smallest absolute Gasteiger partial charge is 0.119 e. The number of nitrogens with zero attached hydrogens (tertiary/aromatic N) is 2. The van der Waals surface area contributed by atoms with Gasteiger partial charge in [-0.05, 0) is 30.7 Å². The molecule has 1 saturated heterocycles. The Morgan fingerprint density at radius 1 is 0.864 bits per heavy atom. The van der Waals surface area contributed by atoms with Crippen molar-refractivity contribution in [3.63, 3.8) is 0 Å². The lowest BCUT2D eigenvalue weighted by Gasteiger charge is -2.36. The van der Waals surface area contributed by atoms with Gasteiger partial charge in [0.15, 0.2) is 0 Å². The Bertz CT molecular complexity index is 577. The van der Waals surface area contributed by atoms with Crippen molar-refractivity contribution in [2.45, 2.75) is 6.92 Å². The largest absolute Gasteiger partial charge is 0.492 e. The molecule has 2 aromatic rings. The number of rotatable bonds is 5. The maximum Gasteiger partial charge on any atom is 0.119 e. The Labute approximate surface area is 133 Å². The monoisotopic (exact) mass is 296 g/mol. The molecule has 3 rings (SSSR count). The second kappa shape index (κ2) is 7.32. The minimum atomic E-state index is 0.758. The topological polar surface area (TPSA) is 15.7 Å². The molecule has 0 spiro atoms. The molecule has 3 nitrogen and oxygen atoms in total. The molecule has 0 aromatic heterocycles. The zero-order valence-electron chi connectivity index (χ0n) is 13.2. The Hall–Kier alpha value is -2.00. The molecule has 0 N–H and O–H groups in total. The second-order valence-electron chi connectivity index (χ2n) is 5.78. The standard InChI is InChI=1S/C19H24N2O/c1-17-7-5-6-10-19(17)21-13-11-20(12-14-21)15-16-22-18-8-3-2-4-9-18/h2-10H,11-16H2,1H3. The van der Waals surface area contributed by atoms with Crippen LogP contribution in [0.15, 0.2) is 54.6 Å². The van der Waals surface area contributed by atoms with E-state index in [4.69, 9.17) is 4.74 Å². The molecule has 1 heterocycles. The van der Waals surface area contributed by atoms with Gasteiger partial charge in [0, 0.05) is 38.4 Å². The molecule has 0 radical (unpaired) electrons. The zero-order valence-corrected chi connectivity index (χ0v) is 13.2. The quantitative estimate of drug-likeness (QED) is 0.843. The molecule has 3 heteroatoms. The van der Waals surface area contributed by atoms with Crippen molar-refractivity contribution in [2.75, 3.05) is 44.2 Å². The Kier molecular flexibility index (Phi) is 4.96. The summed E-state index contributed by atoms with van der Waals surface area (Å²) >= 11 is 0. The molecular formula is C19H24N2O. The van der Waals surface area contributed by atoms with Crippen LogP contribution >= 0.6 is 0 Å². The SMILES string of the molecule is Cc1ccccc1N1CCN(CCOc2ccccc2)CC1. The lowest BCUT2D eigenvalue weighted by Crippen LogP contribution is -2.47. The lowest BCUT2D eigenvalue weighted by molar-refractivity contribution is 0.200. The van der Waals surface area contributed by atoms with Crippen molar-refractivity contribution >= 4 is 5.69 Å². The van der Waals surface area contributed by atoms with E-state index in [0.717, 1.165) is 45.1 Å². The van der Waals surface area contributed by atoms with Gasteiger partial charge in [-0.1, -0.05) is 36.4 Å². The molecule has 0 saturated carbocycles. The number of para-hydroxylation sites is 2. The molecule has 1 aliphatic rings. The first kappa shape index (κ1) is 14.9. The van der Waals surface area contributed by atoms with Gasteiger partial charge in [0.1, 0.15) is 12.4 Å². The van der Waals surface area contributed by atoms with Gasteiger partial charge in [0.2, 0.25) is 0 Å². The zero-order chi connectivity index (χ0) is 15.2. The van der Waals surface area contributed by atoms with Crippen molar-refractivity contribution < 1.29 is 4.74 Å². The summed E-state index contributed by atoms with van der Waals surface area (Å²) in [5, 5.41) is 0. The predicted octanol–water partition coefficient (Wildman–Crippen LogP) is 3.20. The van der Waals surface area contributed by atoms with Crippen LogP contribution in [0.3, 0.4) is 0 Å². The van der Waals surface area contributed by atoms with Crippen molar-refractivity contribution in [1.82, 2.24) is 4.90 Å².